The summed E-state index contributed by atoms with van der Waals surface area (Å²) in [6.45, 7) is 13.3. The molecule has 1 aromatic heterocycles. The Morgan fingerprint density at radius 1 is 0.956 bits per heavy atom. The van der Waals surface area contributed by atoms with Gasteiger partial charge in [0.05, 0.1) is 18.8 Å². The van der Waals surface area contributed by atoms with E-state index in [1.54, 1.807) is 4.68 Å². The first-order valence-electron chi connectivity index (χ1n) is 15.1. The second-order valence-corrected chi connectivity index (χ2v) is 12.4. The summed E-state index contributed by atoms with van der Waals surface area (Å²) >= 11 is 7.87. The molecule has 3 aromatic carbocycles. The van der Waals surface area contributed by atoms with E-state index in [0.717, 1.165) is 16.7 Å². The van der Waals surface area contributed by atoms with Crippen LogP contribution in [0.15, 0.2) is 71.0 Å². The molecule has 8 nitrogen and oxygen atoms in total. The van der Waals surface area contributed by atoms with Crippen LogP contribution in [0.25, 0.3) is 0 Å². The Kier molecular flexibility index (Phi) is 10.4. The van der Waals surface area contributed by atoms with E-state index in [4.69, 9.17) is 35.9 Å². The second-order valence-electron chi connectivity index (χ2n) is 11.0. The highest BCUT2D eigenvalue weighted by Crippen LogP contribution is 2.40. The standard InChI is InChI=1S/C35H39ClN4O4S/c1-7-15-43-33(41)31-24(6)37-34-38-35(45-20-26-11-9-10-12-28(26)36)39-40(34)32(31)25-13-14-29(30(18-25)42-8-2)44-19-27-17-22(4)21(3)16-23(27)5/h9-14,16-18,32H,7-8,15,19-20H2,1-6H3,(H,37,38,39). The molecule has 0 saturated heterocycles. The van der Waals surface area contributed by atoms with E-state index in [-0.39, 0.29) is 0 Å². The average Bonchev–Trinajstić information content (AvgIpc) is 3.42. The van der Waals surface area contributed by atoms with Crippen molar-refractivity contribution in [2.75, 3.05) is 18.5 Å². The molecule has 1 aliphatic rings. The number of benzene rings is 3. The van der Waals surface area contributed by atoms with Crippen LogP contribution >= 0.6 is 23.4 Å². The molecule has 45 heavy (non-hydrogen) atoms. The second kappa shape index (κ2) is 14.4. The summed E-state index contributed by atoms with van der Waals surface area (Å²) in [6.07, 6.45) is 0.716. The Labute approximate surface area is 274 Å². The lowest BCUT2D eigenvalue weighted by molar-refractivity contribution is -0.139. The Morgan fingerprint density at radius 2 is 1.73 bits per heavy atom. The number of rotatable bonds is 12. The van der Waals surface area contributed by atoms with Gasteiger partial charge in [-0.05, 0) is 92.6 Å². The number of carbonyl (C=O) groups excluding carboxylic acids is 1. The van der Waals surface area contributed by atoms with Crippen LogP contribution in [0.4, 0.5) is 5.95 Å². The van der Waals surface area contributed by atoms with Crippen molar-refractivity contribution in [2.24, 2.45) is 0 Å². The fraction of sp³-hybridized carbons (Fsp3) is 0.343. The third-order valence-electron chi connectivity index (χ3n) is 7.72. The van der Waals surface area contributed by atoms with Crippen LogP contribution in [-0.2, 0) is 21.9 Å². The number of carbonyl (C=O) groups is 1. The van der Waals surface area contributed by atoms with Gasteiger partial charge in [0.15, 0.2) is 11.5 Å². The lowest BCUT2D eigenvalue weighted by atomic mass is 9.95. The minimum atomic E-state index is -0.594. The number of fused-ring (bicyclic) bond motifs is 1. The lowest BCUT2D eigenvalue weighted by Crippen LogP contribution is -2.29. The largest absolute Gasteiger partial charge is 0.490 e. The summed E-state index contributed by atoms with van der Waals surface area (Å²) < 4.78 is 19.8. The minimum Gasteiger partial charge on any atom is -0.490 e. The maximum atomic E-state index is 13.5. The molecule has 0 radical (unpaired) electrons. The van der Waals surface area contributed by atoms with Crippen molar-refractivity contribution in [2.45, 2.75) is 71.5 Å². The van der Waals surface area contributed by atoms with E-state index in [2.05, 4.69) is 38.2 Å². The summed E-state index contributed by atoms with van der Waals surface area (Å²) in [7, 11) is 0. The number of hydrogen-bond acceptors (Lipinski definition) is 8. The van der Waals surface area contributed by atoms with E-state index in [1.807, 2.05) is 63.2 Å². The molecule has 236 valence electrons. The molecule has 0 amide bonds. The van der Waals surface area contributed by atoms with Crippen LogP contribution in [0, 0.1) is 20.8 Å². The predicted octanol–water partition coefficient (Wildman–Crippen LogP) is 8.37. The summed E-state index contributed by atoms with van der Waals surface area (Å²) in [5, 5.41) is 9.38. The molecule has 1 unspecified atom stereocenters. The fourth-order valence-corrected chi connectivity index (χ4v) is 6.32. The third-order valence-corrected chi connectivity index (χ3v) is 8.98. The Bertz CT molecular complexity index is 1730. The maximum absolute atomic E-state index is 13.5. The molecular weight excluding hydrogens is 608 g/mol. The van der Waals surface area contributed by atoms with E-state index in [9.17, 15) is 4.79 Å². The fourth-order valence-electron chi connectivity index (χ4n) is 5.21. The van der Waals surface area contributed by atoms with Gasteiger partial charge in [-0.3, -0.25) is 0 Å². The van der Waals surface area contributed by atoms with Gasteiger partial charge in [-0.15, -0.1) is 5.10 Å². The highest BCUT2D eigenvalue weighted by atomic mass is 35.5. The molecule has 5 rings (SSSR count). The number of aryl methyl sites for hydroxylation is 3. The van der Waals surface area contributed by atoms with Crippen molar-refractivity contribution in [1.29, 1.82) is 0 Å². The number of allylic oxidation sites excluding steroid dienone is 1. The van der Waals surface area contributed by atoms with Gasteiger partial charge < -0.3 is 19.5 Å². The molecule has 2 heterocycles. The van der Waals surface area contributed by atoms with E-state index in [0.29, 0.717) is 70.9 Å². The number of ether oxygens (including phenoxy) is 3. The zero-order chi connectivity index (χ0) is 32.1. The minimum absolute atomic E-state index is 0.320. The van der Waals surface area contributed by atoms with Gasteiger partial charge in [0.1, 0.15) is 12.6 Å². The van der Waals surface area contributed by atoms with E-state index >= 15 is 0 Å². The Balaban J connectivity index is 1.49. The molecule has 0 bridgehead atoms. The van der Waals surface area contributed by atoms with E-state index < -0.39 is 12.0 Å². The molecule has 4 aromatic rings. The topological polar surface area (TPSA) is 87.5 Å². The van der Waals surface area contributed by atoms with Crippen LogP contribution in [0.3, 0.4) is 0 Å². The summed E-state index contributed by atoms with van der Waals surface area (Å²) in [5.74, 6) is 1.95. The van der Waals surface area contributed by atoms with Crippen LogP contribution in [0.5, 0.6) is 11.5 Å². The third kappa shape index (κ3) is 7.31. The van der Waals surface area contributed by atoms with Crippen LogP contribution in [-0.4, -0.2) is 33.9 Å². The summed E-state index contributed by atoms with van der Waals surface area (Å²) in [6, 6.07) is 17.2. The average molecular weight is 647 g/mol. The van der Waals surface area contributed by atoms with Gasteiger partial charge in [-0.2, -0.15) is 4.98 Å². The molecule has 0 fully saturated rings. The Morgan fingerprint density at radius 3 is 2.49 bits per heavy atom. The zero-order valence-corrected chi connectivity index (χ0v) is 28.1. The molecule has 0 saturated carbocycles. The van der Waals surface area contributed by atoms with Crippen molar-refractivity contribution in [3.05, 3.63) is 104 Å². The summed E-state index contributed by atoms with van der Waals surface area (Å²) in [5.41, 5.74) is 7.70. The van der Waals surface area contributed by atoms with Crippen molar-refractivity contribution in [3.63, 3.8) is 0 Å². The van der Waals surface area contributed by atoms with Gasteiger partial charge >= 0.3 is 5.97 Å². The van der Waals surface area contributed by atoms with E-state index in [1.165, 1.54) is 28.5 Å². The van der Waals surface area contributed by atoms with Crippen LogP contribution in [0.1, 0.15) is 66.6 Å². The molecule has 0 aliphatic carbocycles. The first kappa shape index (κ1) is 32.4. The number of esters is 1. The number of nitrogens with one attached hydrogen (secondary N) is 1. The van der Waals surface area contributed by atoms with Gasteiger partial charge in [-0.1, -0.05) is 66.7 Å². The quantitative estimate of drug-likeness (QED) is 0.121. The number of anilines is 1. The Hall–Kier alpha value is -3.95. The highest BCUT2D eigenvalue weighted by molar-refractivity contribution is 7.98. The zero-order valence-electron chi connectivity index (χ0n) is 26.6. The number of halogens is 1. The highest BCUT2D eigenvalue weighted by Gasteiger charge is 2.36. The normalized spacial score (nSPS) is 14.2. The first-order chi connectivity index (χ1) is 21.7. The molecule has 1 atom stereocenters. The summed E-state index contributed by atoms with van der Waals surface area (Å²) in [4.78, 5) is 18.2. The van der Waals surface area contributed by atoms with Crippen LogP contribution < -0.4 is 14.8 Å². The first-order valence-corrected chi connectivity index (χ1v) is 16.5. The molecule has 0 spiro atoms. The molecule has 1 N–H and O–H groups in total. The van der Waals surface area contributed by atoms with Gasteiger partial charge in [0.25, 0.3) is 0 Å². The number of nitrogens with zero attached hydrogens (tertiary/aromatic N) is 3. The number of aromatic nitrogens is 3. The monoisotopic (exact) mass is 646 g/mol. The number of thioether (sulfide) groups is 1. The molecule has 10 heteroatoms. The molecule has 1 aliphatic heterocycles. The lowest BCUT2D eigenvalue weighted by Gasteiger charge is -2.28. The van der Waals surface area contributed by atoms with Crippen molar-refractivity contribution in [3.8, 4) is 11.5 Å². The van der Waals surface area contributed by atoms with Gasteiger partial charge in [0, 0.05) is 16.5 Å². The molecular formula is C35H39ClN4O4S. The predicted molar refractivity (Wildman–Crippen MR) is 179 cm³/mol. The number of hydrogen-bond donors (Lipinski definition) is 1. The smallest absolute Gasteiger partial charge is 0.338 e. The maximum Gasteiger partial charge on any atom is 0.338 e. The van der Waals surface area contributed by atoms with Crippen molar-refractivity contribution < 1.29 is 19.0 Å². The van der Waals surface area contributed by atoms with Crippen molar-refractivity contribution in [1.82, 2.24) is 14.8 Å². The van der Waals surface area contributed by atoms with Crippen LogP contribution in [0.2, 0.25) is 5.02 Å². The van der Waals surface area contributed by atoms with Crippen molar-refractivity contribution >= 4 is 35.3 Å². The van der Waals surface area contributed by atoms with Gasteiger partial charge in [-0.25, -0.2) is 9.48 Å². The SMILES string of the molecule is CCCOC(=O)C1=C(C)Nc2nc(SCc3ccccc3Cl)nn2C1c1ccc(OCc2cc(C)c(C)cc2C)c(OCC)c1. The van der Waals surface area contributed by atoms with Gasteiger partial charge in [0.2, 0.25) is 11.1 Å².